The molecule has 2 unspecified atom stereocenters. The summed E-state index contributed by atoms with van der Waals surface area (Å²) in [5, 5.41) is 16.5. The van der Waals surface area contributed by atoms with Crippen LogP contribution in [0.25, 0.3) is 32.8 Å². The fourth-order valence-electron chi connectivity index (χ4n) is 6.23. The highest BCUT2D eigenvalue weighted by Crippen LogP contribution is 2.48. The SMILES string of the molecule is COc1nc2ccccc2cc1C(c1ccc(-c2ccoc2)cc1)C(O)(CCCCN(C)C)c1ccc2ccccc2c1. The van der Waals surface area contributed by atoms with E-state index in [-0.39, 0.29) is 0 Å². The number of methoxy groups -OCH3 is 1. The summed E-state index contributed by atoms with van der Waals surface area (Å²) in [6.45, 7) is 0.957. The minimum absolute atomic E-state index is 0.446. The van der Waals surface area contributed by atoms with Crippen LogP contribution < -0.4 is 4.74 Å². The van der Waals surface area contributed by atoms with Gasteiger partial charge in [0.25, 0.3) is 0 Å². The Labute approximate surface area is 253 Å². The van der Waals surface area contributed by atoms with E-state index in [0.29, 0.717) is 12.3 Å². The zero-order chi connectivity index (χ0) is 29.8. The monoisotopic (exact) mass is 570 g/mol. The van der Waals surface area contributed by atoms with Crippen LogP contribution in [0, 0.1) is 0 Å². The smallest absolute Gasteiger partial charge is 0.217 e. The van der Waals surface area contributed by atoms with E-state index in [1.54, 1.807) is 19.6 Å². The molecule has 0 radical (unpaired) electrons. The fourth-order valence-corrected chi connectivity index (χ4v) is 6.23. The van der Waals surface area contributed by atoms with E-state index >= 15 is 0 Å². The Morgan fingerprint density at radius 3 is 2.28 bits per heavy atom. The summed E-state index contributed by atoms with van der Waals surface area (Å²) < 4.78 is 11.3. The Morgan fingerprint density at radius 2 is 1.56 bits per heavy atom. The molecule has 5 nitrogen and oxygen atoms in total. The van der Waals surface area contributed by atoms with Crippen molar-refractivity contribution < 1.29 is 14.3 Å². The molecule has 0 aliphatic carbocycles. The van der Waals surface area contributed by atoms with Crippen LogP contribution in [0.3, 0.4) is 0 Å². The molecule has 2 atom stereocenters. The number of para-hydroxylation sites is 1. The quantitative estimate of drug-likeness (QED) is 0.159. The molecule has 218 valence electrons. The van der Waals surface area contributed by atoms with Crippen molar-refractivity contribution in [1.82, 2.24) is 9.88 Å². The third-order valence-electron chi connectivity index (χ3n) is 8.46. The first-order chi connectivity index (χ1) is 21.0. The number of hydrogen-bond acceptors (Lipinski definition) is 5. The van der Waals surface area contributed by atoms with E-state index < -0.39 is 11.5 Å². The molecule has 6 rings (SSSR count). The fraction of sp³-hybridized carbons (Fsp3) is 0.237. The molecular formula is C38H38N2O3. The number of rotatable bonds is 11. The summed E-state index contributed by atoms with van der Waals surface area (Å²) in [5.74, 6) is 0.0774. The number of benzene rings is 4. The summed E-state index contributed by atoms with van der Waals surface area (Å²) >= 11 is 0. The molecule has 2 aromatic heterocycles. The summed E-state index contributed by atoms with van der Waals surface area (Å²) in [5.41, 5.74) is 4.42. The van der Waals surface area contributed by atoms with Gasteiger partial charge < -0.3 is 19.2 Å². The van der Waals surface area contributed by atoms with E-state index in [4.69, 9.17) is 14.1 Å². The Kier molecular flexibility index (Phi) is 8.28. The molecule has 0 saturated carbocycles. The van der Waals surface area contributed by atoms with Crippen molar-refractivity contribution >= 4 is 21.7 Å². The van der Waals surface area contributed by atoms with Crippen molar-refractivity contribution in [2.24, 2.45) is 0 Å². The molecule has 0 aliphatic rings. The zero-order valence-electron chi connectivity index (χ0n) is 25.0. The summed E-state index contributed by atoms with van der Waals surface area (Å²) in [6.07, 6.45) is 5.84. The van der Waals surface area contributed by atoms with E-state index in [1.807, 2.05) is 36.4 Å². The van der Waals surface area contributed by atoms with E-state index in [0.717, 1.165) is 68.9 Å². The number of aliphatic hydroxyl groups is 1. The minimum Gasteiger partial charge on any atom is -0.481 e. The van der Waals surface area contributed by atoms with Crippen molar-refractivity contribution in [1.29, 1.82) is 0 Å². The van der Waals surface area contributed by atoms with Crippen molar-refractivity contribution in [2.45, 2.75) is 30.8 Å². The van der Waals surface area contributed by atoms with Gasteiger partial charge in [-0.05, 0) is 91.6 Å². The normalized spacial score (nSPS) is 13.8. The molecule has 0 amide bonds. The predicted molar refractivity (Wildman–Crippen MR) is 175 cm³/mol. The Hall–Kier alpha value is -4.45. The first kappa shape index (κ1) is 28.7. The number of furan rings is 1. The van der Waals surface area contributed by atoms with Crippen LogP contribution in [-0.2, 0) is 5.60 Å². The lowest BCUT2D eigenvalue weighted by Gasteiger charge is -2.38. The maximum absolute atomic E-state index is 13.2. The predicted octanol–water partition coefficient (Wildman–Crippen LogP) is 8.41. The highest BCUT2D eigenvalue weighted by atomic mass is 16.5. The Morgan fingerprint density at radius 1 is 0.814 bits per heavy atom. The lowest BCUT2D eigenvalue weighted by molar-refractivity contribution is 0.00691. The molecule has 0 fully saturated rings. The number of aromatic nitrogens is 1. The molecule has 5 heteroatoms. The second kappa shape index (κ2) is 12.4. The van der Waals surface area contributed by atoms with Gasteiger partial charge >= 0.3 is 0 Å². The van der Waals surface area contributed by atoms with Gasteiger partial charge in [-0.15, -0.1) is 0 Å². The number of ether oxygens (including phenoxy) is 1. The van der Waals surface area contributed by atoms with Gasteiger partial charge in [-0.1, -0.05) is 78.9 Å². The van der Waals surface area contributed by atoms with Gasteiger partial charge in [0.2, 0.25) is 5.88 Å². The van der Waals surface area contributed by atoms with Crippen LogP contribution >= 0.6 is 0 Å². The molecule has 0 saturated heterocycles. The molecule has 6 aromatic rings. The number of pyridine rings is 1. The topological polar surface area (TPSA) is 58.7 Å². The number of nitrogens with zero attached hydrogens (tertiary/aromatic N) is 2. The second-order valence-corrected chi connectivity index (χ2v) is 11.6. The van der Waals surface area contributed by atoms with Gasteiger partial charge in [0.05, 0.1) is 25.2 Å². The molecular weight excluding hydrogens is 532 g/mol. The maximum Gasteiger partial charge on any atom is 0.217 e. The van der Waals surface area contributed by atoms with Gasteiger partial charge in [0, 0.05) is 22.4 Å². The molecule has 43 heavy (non-hydrogen) atoms. The Balaban J connectivity index is 1.56. The van der Waals surface area contributed by atoms with Crippen LogP contribution in [0.15, 0.2) is 120 Å². The lowest BCUT2D eigenvalue weighted by atomic mass is 9.70. The largest absolute Gasteiger partial charge is 0.481 e. The summed E-state index contributed by atoms with van der Waals surface area (Å²) in [4.78, 5) is 7.11. The average Bonchev–Trinajstić information content (AvgIpc) is 3.58. The van der Waals surface area contributed by atoms with Crippen molar-refractivity contribution in [3.8, 4) is 17.0 Å². The van der Waals surface area contributed by atoms with Gasteiger partial charge in [-0.3, -0.25) is 0 Å². The van der Waals surface area contributed by atoms with E-state index in [1.165, 1.54) is 0 Å². The van der Waals surface area contributed by atoms with Crippen LogP contribution in [0.2, 0.25) is 0 Å². The number of unbranched alkanes of at least 4 members (excludes halogenated alkanes) is 1. The van der Waals surface area contributed by atoms with Crippen molar-refractivity contribution in [2.75, 3.05) is 27.7 Å². The maximum atomic E-state index is 13.2. The van der Waals surface area contributed by atoms with E-state index in [2.05, 4.69) is 85.7 Å². The first-order valence-corrected chi connectivity index (χ1v) is 14.9. The Bertz CT molecular complexity index is 1810. The molecule has 1 N–H and O–H groups in total. The van der Waals surface area contributed by atoms with Gasteiger partial charge in [-0.2, -0.15) is 0 Å². The van der Waals surface area contributed by atoms with E-state index in [9.17, 15) is 5.11 Å². The van der Waals surface area contributed by atoms with Gasteiger partial charge in [0.1, 0.15) is 5.60 Å². The number of fused-ring (bicyclic) bond motifs is 2. The lowest BCUT2D eigenvalue weighted by Crippen LogP contribution is -2.35. The van der Waals surface area contributed by atoms with Gasteiger partial charge in [0.15, 0.2) is 0 Å². The molecule has 0 aliphatic heterocycles. The van der Waals surface area contributed by atoms with Gasteiger partial charge in [-0.25, -0.2) is 4.98 Å². The third-order valence-corrected chi connectivity index (χ3v) is 8.46. The van der Waals surface area contributed by atoms with Crippen molar-refractivity contribution in [3.63, 3.8) is 0 Å². The second-order valence-electron chi connectivity index (χ2n) is 11.6. The first-order valence-electron chi connectivity index (χ1n) is 14.9. The summed E-state index contributed by atoms with van der Waals surface area (Å²) in [7, 11) is 5.84. The van der Waals surface area contributed by atoms with Crippen LogP contribution in [0.1, 0.15) is 41.9 Å². The van der Waals surface area contributed by atoms with Crippen LogP contribution in [0.5, 0.6) is 5.88 Å². The minimum atomic E-state index is -1.25. The number of hydrogen-bond donors (Lipinski definition) is 1. The molecule has 4 aromatic carbocycles. The molecule has 2 heterocycles. The van der Waals surface area contributed by atoms with Crippen LogP contribution in [0.4, 0.5) is 0 Å². The molecule has 0 bridgehead atoms. The van der Waals surface area contributed by atoms with Crippen LogP contribution in [-0.4, -0.2) is 42.7 Å². The third kappa shape index (κ3) is 5.92. The average molecular weight is 571 g/mol. The molecule has 0 spiro atoms. The highest BCUT2D eigenvalue weighted by molar-refractivity contribution is 5.84. The summed E-state index contributed by atoms with van der Waals surface area (Å²) in [6, 6.07) is 35.3. The zero-order valence-corrected chi connectivity index (χ0v) is 25.0. The highest BCUT2D eigenvalue weighted by Gasteiger charge is 2.42. The standard InChI is InChI=1S/C38H38N2O3/c1-40(2)22-9-8-21-38(41,33-19-18-27-10-4-5-11-30(27)24-33)36(29-16-14-28(15-17-29)32-20-23-43-26-32)34-25-31-12-6-7-13-35(31)39-37(34)42-3/h4-7,10-20,23-26,36,41H,8-9,21-22H2,1-3H3. The van der Waals surface area contributed by atoms with Crippen molar-refractivity contribution in [3.05, 3.63) is 132 Å².